The van der Waals surface area contributed by atoms with Gasteiger partial charge >= 0.3 is 5.97 Å². The maximum absolute atomic E-state index is 11.6. The molecule has 20 heavy (non-hydrogen) atoms. The Hall–Kier alpha value is -2.02. The van der Waals surface area contributed by atoms with E-state index in [-0.39, 0.29) is 16.5 Å². The van der Waals surface area contributed by atoms with Crippen LogP contribution in [0.5, 0.6) is 17.2 Å². The number of hydrogen-bond donors (Lipinski definition) is 0. The molecule has 0 amide bonds. The van der Waals surface area contributed by atoms with Crippen molar-refractivity contribution in [1.29, 1.82) is 0 Å². The van der Waals surface area contributed by atoms with Gasteiger partial charge in [-0.2, -0.15) is 0 Å². The van der Waals surface area contributed by atoms with E-state index in [2.05, 4.69) is 4.74 Å². The highest BCUT2D eigenvalue weighted by molar-refractivity contribution is 7.80. The summed E-state index contributed by atoms with van der Waals surface area (Å²) < 4.78 is 20.6. The van der Waals surface area contributed by atoms with Crippen molar-refractivity contribution >= 4 is 23.4 Å². The first kappa shape index (κ1) is 16.0. The molecule has 0 heterocycles. The lowest BCUT2D eigenvalue weighted by Gasteiger charge is -2.18. The van der Waals surface area contributed by atoms with Crippen LogP contribution in [0.15, 0.2) is 12.1 Å². The molecule has 1 aromatic rings. The number of esters is 1. The third-order valence-corrected chi connectivity index (χ3v) is 2.88. The Morgan fingerprint density at radius 3 is 2.15 bits per heavy atom. The molecule has 0 fully saturated rings. The molecule has 0 saturated carbocycles. The van der Waals surface area contributed by atoms with Crippen LogP contribution >= 0.6 is 12.2 Å². The molecule has 0 saturated heterocycles. The Bertz CT molecular complexity index is 516. The van der Waals surface area contributed by atoms with Gasteiger partial charge in [-0.3, -0.25) is 0 Å². The largest absolute Gasteiger partial charge is 0.493 e. The minimum absolute atomic E-state index is 0.229. The number of nitrogens with zero attached hydrogens (tertiary/aromatic N) is 1. The quantitative estimate of drug-likeness (QED) is 0.619. The highest BCUT2D eigenvalue weighted by Gasteiger charge is 2.19. The number of hydrogen-bond acceptors (Lipinski definition) is 6. The van der Waals surface area contributed by atoms with E-state index in [0.717, 1.165) is 0 Å². The van der Waals surface area contributed by atoms with Gasteiger partial charge in [-0.15, -0.1) is 0 Å². The van der Waals surface area contributed by atoms with Crippen LogP contribution in [0.2, 0.25) is 0 Å². The van der Waals surface area contributed by atoms with E-state index in [0.29, 0.717) is 11.5 Å². The molecular weight excluding hydrogens is 282 g/mol. The van der Waals surface area contributed by atoms with Crippen molar-refractivity contribution < 1.29 is 23.7 Å². The smallest absolute Gasteiger partial charge is 0.338 e. The Morgan fingerprint density at radius 2 is 1.70 bits per heavy atom. The molecule has 0 aliphatic rings. The summed E-state index contributed by atoms with van der Waals surface area (Å²) in [5.41, 5.74) is 0.279. The lowest BCUT2D eigenvalue weighted by Crippen LogP contribution is -2.25. The highest BCUT2D eigenvalue weighted by Crippen LogP contribution is 2.38. The van der Waals surface area contributed by atoms with E-state index in [4.69, 9.17) is 26.4 Å². The highest BCUT2D eigenvalue weighted by atomic mass is 32.1. The maximum Gasteiger partial charge on any atom is 0.338 e. The van der Waals surface area contributed by atoms with Crippen molar-refractivity contribution in [3.8, 4) is 17.2 Å². The van der Waals surface area contributed by atoms with Gasteiger partial charge in [0.15, 0.2) is 11.5 Å². The number of methoxy groups -OCH3 is 3. The van der Waals surface area contributed by atoms with Crippen molar-refractivity contribution in [2.24, 2.45) is 0 Å². The molecule has 0 bridgehead atoms. The minimum atomic E-state index is -0.508. The van der Waals surface area contributed by atoms with Crippen molar-refractivity contribution in [3.63, 3.8) is 0 Å². The molecule has 6 nitrogen and oxygen atoms in total. The zero-order chi connectivity index (χ0) is 15.3. The fourth-order valence-corrected chi connectivity index (χ4v) is 1.52. The monoisotopic (exact) mass is 299 g/mol. The molecule has 0 spiro atoms. The van der Waals surface area contributed by atoms with Gasteiger partial charge in [-0.25, -0.2) is 4.79 Å². The second kappa shape index (κ2) is 6.95. The number of carbonyl (C=O) groups excluding carboxylic acids is 1. The van der Waals surface area contributed by atoms with Gasteiger partial charge in [0.25, 0.3) is 5.17 Å². The second-order valence-corrected chi connectivity index (χ2v) is 4.31. The Labute approximate surface area is 123 Å². The molecule has 0 N–H and O–H groups in total. The number of thiocarbonyl (C=S) groups is 1. The first-order valence-electron chi connectivity index (χ1n) is 5.68. The predicted octanol–water partition coefficient (Wildman–Crippen LogP) is 1.72. The van der Waals surface area contributed by atoms with Gasteiger partial charge in [0.2, 0.25) is 5.75 Å². The summed E-state index contributed by atoms with van der Waals surface area (Å²) in [6.07, 6.45) is 0. The Morgan fingerprint density at radius 1 is 1.10 bits per heavy atom. The normalized spacial score (nSPS) is 9.65. The molecule has 7 heteroatoms. The number of carbonyl (C=O) groups is 1. The zero-order valence-corrected chi connectivity index (χ0v) is 12.9. The van der Waals surface area contributed by atoms with Crippen LogP contribution in [0.3, 0.4) is 0 Å². The summed E-state index contributed by atoms with van der Waals surface area (Å²) >= 11 is 5.08. The maximum atomic E-state index is 11.6. The van der Waals surface area contributed by atoms with Crippen molar-refractivity contribution in [2.45, 2.75) is 0 Å². The van der Waals surface area contributed by atoms with Gasteiger partial charge in [-0.05, 0) is 24.4 Å². The summed E-state index contributed by atoms with van der Waals surface area (Å²) in [7, 11) is 7.73. The molecule has 0 aliphatic carbocycles. The van der Waals surface area contributed by atoms with Gasteiger partial charge in [0.05, 0.1) is 26.9 Å². The van der Waals surface area contributed by atoms with Crippen molar-refractivity contribution in [2.75, 3.05) is 35.4 Å². The van der Waals surface area contributed by atoms with Crippen LogP contribution in [-0.2, 0) is 4.74 Å². The molecule has 0 aliphatic heterocycles. The standard InChI is InChI=1S/C13H17NO5S/c1-14(2)13(20)19-10-7-8(12(15)18-5)6-9(16-3)11(10)17-4/h6-7H,1-5H3. The predicted molar refractivity (Wildman–Crippen MR) is 77.8 cm³/mol. The van der Waals surface area contributed by atoms with Gasteiger partial charge < -0.3 is 23.8 Å². The van der Waals surface area contributed by atoms with Gasteiger partial charge in [0.1, 0.15) is 0 Å². The molecule has 1 aromatic carbocycles. The average Bonchev–Trinajstić information content (AvgIpc) is 2.45. The van der Waals surface area contributed by atoms with E-state index in [9.17, 15) is 4.79 Å². The van der Waals surface area contributed by atoms with Crippen LogP contribution in [0.1, 0.15) is 10.4 Å². The molecule has 110 valence electrons. The lowest BCUT2D eigenvalue weighted by molar-refractivity contribution is 0.0600. The molecule has 0 radical (unpaired) electrons. The van der Waals surface area contributed by atoms with Crippen molar-refractivity contribution in [1.82, 2.24) is 4.90 Å². The second-order valence-electron chi connectivity index (χ2n) is 3.96. The molecule has 1 rings (SSSR count). The first-order valence-corrected chi connectivity index (χ1v) is 6.08. The van der Waals surface area contributed by atoms with Crippen LogP contribution in [0, 0.1) is 0 Å². The third-order valence-electron chi connectivity index (χ3n) is 2.43. The fourth-order valence-electron chi connectivity index (χ4n) is 1.43. The summed E-state index contributed by atoms with van der Waals surface area (Å²) in [6, 6.07) is 3.00. The average molecular weight is 299 g/mol. The summed E-state index contributed by atoms with van der Waals surface area (Å²) in [4.78, 5) is 13.3. The van der Waals surface area contributed by atoms with E-state index >= 15 is 0 Å². The van der Waals surface area contributed by atoms with Crippen LogP contribution in [0.4, 0.5) is 0 Å². The summed E-state index contributed by atoms with van der Waals surface area (Å²) in [6.45, 7) is 0. The van der Waals surface area contributed by atoms with E-state index in [1.54, 1.807) is 19.0 Å². The molecule has 0 aromatic heterocycles. The van der Waals surface area contributed by atoms with Gasteiger partial charge in [0, 0.05) is 14.1 Å². The molecular formula is C13H17NO5S. The molecule has 0 unspecified atom stereocenters. The number of ether oxygens (including phenoxy) is 4. The summed E-state index contributed by atoms with van der Waals surface area (Å²) in [5, 5.41) is 0.229. The van der Waals surface area contributed by atoms with E-state index in [1.807, 2.05) is 0 Å². The van der Waals surface area contributed by atoms with Gasteiger partial charge in [-0.1, -0.05) is 0 Å². The topological polar surface area (TPSA) is 57.2 Å². The number of benzene rings is 1. The van der Waals surface area contributed by atoms with Crippen molar-refractivity contribution in [3.05, 3.63) is 17.7 Å². The summed E-state index contributed by atoms with van der Waals surface area (Å²) in [5.74, 6) is 0.480. The first-order chi connectivity index (χ1) is 9.44. The van der Waals surface area contributed by atoms with Crippen LogP contribution in [0.25, 0.3) is 0 Å². The third kappa shape index (κ3) is 3.51. The SMILES string of the molecule is COC(=O)c1cc(OC)c(OC)c(OC(=S)N(C)C)c1. The molecule has 0 atom stereocenters. The lowest BCUT2D eigenvalue weighted by atomic mass is 10.2. The Kier molecular flexibility index (Phi) is 5.57. The van der Waals surface area contributed by atoms with E-state index < -0.39 is 5.97 Å². The minimum Gasteiger partial charge on any atom is -0.493 e. The number of rotatable bonds is 4. The Balaban J connectivity index is 3.30. The van der Waals surface area contributed by atoms with Crippen LogP contribution < -0.4 is 14.2 Å². The van der Waals surface area contributed by atoms with E-state index in [1.165, 1.54) is 33.5 Å². The zero-order valence-electron chi connectivity index (χ0n) is 12.1. The van der Waals surface area contributed by atoms with Crippen LogP contribution in [-0.4, -0.2) is 51.5 Å². The fraction of sp³-hybridized carbons (Fsp3) is 0.385.